The number of hydrogen-bond donors (Lipinski definition) is 1. The number of aryl methyl sites for hydroxylation is 1. The van der Waals surface area contributed by atoms with Gasteiger partial charge in [0.25, 0.3) is 11.6 Å². The van der Waals surface area contributed by atoms with Crippen LogP contribution >= 0.6 is 23.2 Å². The lowest BCUT2D eigenvalue weighted by Gasteiger charge is -2.12. The first-order chi connectivity index (χ1) is 14.8. The minimum atomic E-state index is -0.522. The number of benzene rings is 3. The number of nitro benzene ring substituents is 1. The Balaban J connectivity index is 1.83. The monoisotopic (exact) mass is 451 g/mol. The average Bonchev–Trinajstić information content (AvgIpc) is 2.74. The largest absolute Gasteiger partial charge is 0.316 e. The number of amides is 1. The van der Waals surface area contributed by atoms with Crippen molar-refractivity contribution >= 4 is 51.4 Å². The van der Waals surface area contributed by atoms with E-state index in [-0.39, 0.29) is 11.4 Å². The molecule has 0 unspecified atom stereocenters. The Morgan fingerprint density at radius 2 is 1.81 bits per heavy atom. The van der Waals surface area contributed by atoms with Crippen molar-refractivity contribution in [1.82, 2.24) is 4.98 Å². The van der Waals surface area contributed by atoms with Crippen LogP contribution in [0.2, 0.25) is 10.0 Å². The van der Waals surface area contributed by atoms with Crippen LogP contribution in [0.25, 0.3) is 22.2 Å². The fourth-order valence-corrected chi connectivity index (χ4v) is 3.79. The van der Waals surface area contributed by atoms with E-state index in [1.165, 1.54) is 12.1 Å². The van der Waals surface area contributed by atoms with Crippen LogP contribution in [0, 0.1) is 17.0 Å². The molecule has 0 aliphatic heterocycles. The Hall–Kier alpha value is -3.48. The van der Waals surface area contributed by atoms with Crippen molar-refractivity contribution in [3.63, 3.8) is 0 Å². The van der Waals surface area contributed by atoms with Crippen LogP contribution in [-0.4, -0.2) is 15.8 Å². The average molecular weight is 452 g/mol. The van der Waals surface area contributed by atoms with Gasteiger partial charge in [0.1, 0.15) is 5.69 Å². The molecule has 0 aliphatic rings. The van der Waals surface area contributed by atoms with E-state index in [0.717, 1.165) is 5.56 Å². The topological polar surface area (TPSA) is 85.1 Å². The van der Waals surface area contributed by atoms with Crippen LogP contribution in [0.5, 0.6) is 0 Å². The molecule has 1 amide bonds. The Labute approximate surface area is 187 Å². The molecule has 0 bridgehead atoms. The van der Waals surface area contributed by atoms with Crippen LogP contribution in [0.1, 0.15) is 15.9 Å². The second-order valence-electron chi connectivity index (χ2n) is 6.93. The van der Waals surface area contributed by atoms with Crippen molar-refractivity contribution < 1.29 is 9.72 Å². The van der Waals surface area contributed by atoms with Gasteiger partial charge < -0.3 is 5.32 Å². The summed E-state index contributed by atoms with van der Waals surface area (Å²) < 4.78 is 0. The number of hydrogen-bond acceptors (Lipinski definition) is 4. The molecular formula is C23H15Cl2N3O3. The quantitative estimate of drug-likeness (QED) is 0.277. The van der Waals surface area contributed by atoms with E-state index in [0.29, 0.717) is 37.8 Å². The van der Waals surface area contributed by atoms with Gasteiger partial charge in [-0.1, -0.05) is 47.5 Å². The van der Waals surface area contributed by atoms with Gasteiger partial charge in [0.15, 0.2) is 0 Å². The minimum Gasteiger partial charge on any atom is -0.316 e. The highest BCUT2D eigenvalue weighted by Gasteiger charge is 2.20. The van der Waals surface area contributed by atoms with Gasteiger partial charge in [-0.25, -0.2) is 4.98 Å². The molecule has 0 radical (unpaired) electrons. The summed E-state index contributed by atoms with van der Waals surface area (Å²) in [6.45, 7) is 1.75. The first-order valence-corrected chi connectivity index (χ1v) is 10.0. The molecule has 1 aromatic heterocycles. The van der Waals surface area contributed by atoms with Gasteiger partial charge >= 0.3 is 0 Å². The molecule has 0 saturated heterocycles. The fourth-order valence-electron chi connectivity index (χ4n) is 3.29. The molecule has 0 saturated carbocycles. The number of carbonyl (C=O) groups is 1. The number of para-hydroxylation sites is 1. The number of nitro groups is 1. The van der Waals surface area contributed by atoms with Gasteiger partial charge in [0.05, 0.1) is 26.7 Å². The van der Waals surface area contributed by atoms with Crippen LogP contribution in [-0.2, 0) is 0 Å². The highest BCUT2D eigenvalue weighted by Crippen LogP contribution is 2.33. The molecule has 154 valence electrons. The van der Waals surface area contributed by atoms with Crippen molar-refractivity contribution in [3.05, 3.63) is 98.0 Å². The third kappa shape index (κ3) is 4.21. The first kappa shape index (κ1) is 20.8. The van der Waals surface area contributed by atoms with Gasteiger partial charge in [-0.15, -0.1) is 0 Å². The fraction of sp³-hybridized carbons (Fsp3) is 0.0435. The second kappa shape index (κ2) is 8.34. The van der Waals surface area contributed by atoms with Crippen molar-refractivity contribution in [3.8, 4) is 11.3 Å². The summed E-state index contributed by atoms with van der Waals surface area (Å²) >= 11 is 12.3. The lowest BCUT2D eigenvalue weighted by Crippen LogP contribution is -2.14. The zero-order valence-electron chi connectivity index (χ0n) is 16.2. The maximum Gasteiger partial charge on any atom is 0.293 e. The summed E-state index contributed by atoms with van der Waals surface area (Å²) in [4.78, 5) is 28.7. The van der Waals surface area contributed by atoms with Crippen LogP contribution < -0.4 is 5.32 Å². The van der Waals surface area contributed by atoms with E-state index in [1.807, 2.05) is 6.07 Å². The predicted molar refractivity (Wildman–Crippen MR) is 123 cm³/mol. The molecule has 4 rings (SSSR count). The molecule has 8 heteroatoms. The van der Waals surface area contributed by atoms with E-state index >= 15 is 0 Å². The molecule has 0 fully saturated rings. The Morgan fingerprint density at radius 3 is 2.55 bits per heavy atom. The summed E-state index contributed by atoms with van der Waals surface area (Å²) in [5.74, 6) is -0.489. The Kier molecular flexibility index (Phi) is 5.59. The zero-order valence-corrected chi connectivity index (χ0v) is 17.7. The number of halogens is 2. The molecule has 0 spiro atoms. The number of carbonyl (C=O) groups excluding carboxylic acids is 1. The van der Waals surface area contributed by atoms with Gasteiger partial charge in [0, 0.05) is 22.0 Å². The summed E-state index contributed by atoms with van der Waals surface area (Å²) in [6, 6.07) is 18.4. The molecule has 1 N–H and O–H groups in total. The molecular weight excluding hydrogens is 437 g/mol. The summed E-state index contributed by atoms with van der Waals surface area (Å²) in [5.41, 5.74) is 2.69. The van der Waals surface area contributed by atoms with Crippen molar-refractivity contribution in [2.45, 2.75) is 6.92 Å². The normalized spacial score (nSPS) is 10.8. The summed E-state index contributed by atoms with van der Waals surface area (Å²) in [6.07, 6.45) is 0. The van der Waals surface area contributed by atoms with Crippen molar-refractivity contribution in [2.24, 2.45) is 0 Å². The number of nitrogens with one attached hydrogen (secondary N) is 1. The molecule has 1 heterocycles. The summed E-state index contributed by atoms with van der Waals surface area (Å²) in [7, 11) is 0. The van der Waals surface area contributed by atoms with Gasteiger partial charge in [0.2, 0.25) is 0 Å². The highest BCUT2D eigenvalue weighted by molar-refractivity contribution is 6.36. The standard InChI is InChI=1S/C23H15Cl2N3O3/c1-13-6-9-20(22(10-13)28(30)31)27-23(29)17-12-21(16-8-7-14(24)11-18(16)25)26-19-5-3-2-4-15(17)19/h2-12H,1H3,(H,27,29). The van der Waals surface area contributed by atoms with Gasteiger partial charge in [-0.05, 0) is 48.9 Å². The molecule has 0 atom stereocenters. The van der Waals surface area contributed by atoms with E-state index in [1.54, 1.807) is 55.5 Å². The second-order valence-corrected chi connectivity index (χ2v) is 7.77. The molecule has 0 aliphatic carbocycles. The Bertz CT molecular complexity index is 1360. The number of aromatic nitrogens is 1. The Morgan fingerprint density at radius 1 is 1.03 bits per heavy atom. The van der Waals surface area contributed by atoms with E-state index in [4.69, 9.17) is 23.2 Å². The molecule has 4 aromatic rings. The van der Waals surface area contributed by atoms with Gasteiger partial charge in [-0.2, -0.15) is 0 Å². The lowest BCUT2D eigenvalue weighted by atomic mass is 10.0. The smallest absolute Gasteiger partial charge is 0.293 e. The SMILES string of the molecule is Cc1ccc(NC(=O)c2cc(-c3ccc(Cl)cc3Cl)nc3ccccc23)c([N+](=O)[O-])c1. The maximum absolute atomic E-state index is 13.2. The highest BCUT2D eigenvalue weighted by atomic mass is 35.5. The van der Waals surface area contributed by atoms with E-state index in [9.17, 15) is 14.9 Å². The van der Waals surface area contributed by atoms with Crippen molar-refractivity contribution in [2.75, 3.05) is 5.32 Å². The minimum absolute atomic E-state index is 0.118. The van der Waals surface area contributed by atoms with Gasteiger partial charge in [-0.3, -0.25) is 14.9 Å². The van der Waals surface area contributed by atoms with E-state index in [2.05, 4.69) is 10.3 Å². The third-order valence-electron chi connectivity index (χ3n) is 4.77. The van der Waals surface area contributed by atoms with Crippen LogP contribution in [0.3, 0.4) is 0 Å². The number of anilines is 1. The van der Waals surface area contributed by atoms with Crippen LogP contribution in [0.15, 0.2) is 66.7 Å². The molecule has 3 aromatic carbocycles. The number of rotatable bonds is 4. The number of fused-ring (bicyclic) bond motifs is 1. The lowest BCUT2D eigenvalue weighted by molar-refractivity contribution is -0.384. The van der Waals surface area contributed by atoms with Crippen molar-refractivity contribution in [1.29, 1.82) is 0 Å². The van der Waals surface area contributed by atoms with Crippen LogP contribution in [0.4, 0.5) is 11.4 Å². The number of nitrogens with zero attached hydrogens (tertiary/aromatic N) is 2. The predicted octanol–water partition coefficient (Wildman–Crippen LogP) is 6.68. The summed E-state index contributed by atoms with van der Waals surface area (Å²) in [5, 5.41) is 15.6. The first-order valence-electron chi connectivity index (χ1n) is 9.25. The zero-order chi connectivity index (χ0) is 22.1. The molecule has 31 heavy (non-hydrogen) atoms. The third-order valence-corrected chi connectivity index (χ3v) is 5.31. The maximum atomic E-state index is 13.2. The number of pyridine rings is 1. The molecule has 6 nitrogen and oxygen atoms in total. The van der Waals surface area contributed by atoms with E-state index < -0.39 is 10.8 Å².